The number of hydrogen-bond donors (Lipinski definition) is 1. The Morgan fingerprint density at radius 2 is 2.00 bits per heavy atom. The van der Waals surface area contributed by atoms with E-state index in [1.165, 1.54) is 6.07 Å². The summed E-state index contributed by atoms with van der Waals surface area (Å²) < 4.78 is 31.2. The molecule has 0 spiro atoms. The number of carbonyl (C=O) groups excluding carboxylic acids is 1. The molecule has 8 heteroatoms. The number of sulfonamides is 1. The highest BCUT2D eigenvalue weighted by molar-refractivity contribution is 7.92. The van der Waals surface area contributed by atoms with Crippen LogP contribution in [-0.4, -0.2) is 19.3 Å². The summed E-state index contributed by atoms with van der Waals surface area (Å²) in [5, 5.41) is 0.624. The predicted octanol–water partition coefficient (Wildman–Crippen LogP) is 1.78. The van der Waals surface area contributed by atoms with E-state index in [-0.39, 0.29) is 9.97 Å². The Hall–Kier alpha value is -1.67. The first-order chi connectivity index (χ1) is 8.79. The molecule has 2 aromatic heterocycles. The van der Waals surface area contributed by atoms with Crippen LogP contribution in [0.25, 0.3) is 0 Å². The number of rotatable bonds is 3. The standard InChI is InChI=1S/C11H12N2O4S2/c1-6-4-5-9(17-6)10(14)13-19(15,16)11-7(2)12-8(3)18-11/h4-5H,1-3H3,(H,13,14). The zero-order valence-corrected chi connectivity index (χ0v) is 12.2. The molecule has 0 aliphatic carbocycles. The van der Waals surface area contributed by atoms with Crippen molar-refractivity contribution in [3.05, 3.63) is 34.4 Å². The van der Waals surface area contributed by atoms with Crippen LogP contribution in [0.2, 0.25) is 0 Å². The third-order valence-electron chi connectivity index (χ3n) is 2.30. The second kappa shape index (κ2) is 4.78. The Balaban J connectivity index is 2.27. The van der Waals surface area contributed by atoms with Crippen LogP contribution in [0.15, 0.2) is 20.8 Å². The minimum absolute atomic E-state index is 0.0417. The van der Waals surface area contributed by atoms with E-state index in [9.17, 15) is 13.2 Å². The van der Waals surface area contributed by atoms with E-state index in [4.69, 9.17) is 4.42 Å². The van der Waals surface area contributed by atoms with Gasteiger partial charge in [-0.05, 0) is 32.9 Å². The molecule has 0 radical (unpaired) electrons. The number of hydrogen-bond acceptors (Lipinski definition) is 6. The fourth-order valence-corrected chi connectivity index (χ4v) is 3.98. The van der Waals surface area contributed by atoms with Gasteiger partial charge < -0.3 is 4.42 Å². The van der Waals surface area contributed by atoms with Crippen LogP contribution in [0.3, 0.4) is 0 Å². The SMILES string of the molecule is Cc1ccc(C(=O)NS(=O)(=O)c2sc(C)nc2C)o1. The van der Waals surface area contributed by atoms with E-state index in [1.54, 1.807) is 26.8 Å². The number of aromatic nitrogens is 1. The normalized spacial score (nSPS) is 11.5. The molecule has 2 aromatic rings. The van der Waals surface area contributed by atoms with Crippen molar-refractivity contribution < 1.29 is 17.6 Å². The number of thiazole rings is 1. The number of amides is 1. The summed E-state index contributed by atoms with van der Waals surface area (Å²) in [7, 11) is -3.91. The molecule has 0 saturated heterocycles. The van der Waals surface area contributed by atoms with Gasteiger partial charge in [-0.15, -0.1) is 11.3 Å². The average molecular weight is 300 g/mol. The molecule has 19 heavy (non-hydrogen) atoms. The molecule has 1 amide bonds. The van der Waals surface area contributed by atoms with Crippen molar-refractivity contribution in [2.24, 2.45) is 0 Å². The summed E-state index contributed by atoms with van der Waals surface area (Å²) >= 11 is 1.02. The van der Waals surface area contributed by atoms with Gasteiger partial charge in [-0.25, -0.2) is 18.1 Å². The summed E-state index contributed by atoms with van der Waals surface area (Å²) in [6, 6.07) is 3.01. The van der Waals surface area contributed by atoms with E-state index in [1.807, 2.05) is 4.72 Å². The lowest BCUT2D eigenvalue weighted by Gasteiger charge is -2.03. The molecule has 0 unspecified atom stereocenters. The van der Waals surface area contributed by atoms with E-state index < -0.39 is 15.9 Å². The molecule has 0 bridgehead atoms. The van der Waals surface area contributed by atoms with Gasteiger partial charge in [0.15, 0.2) is 9.97 Å². The summed E-state index contributed by atoms with van der Waals surface area (Å²) in [5.74, 6) is -0.300. The van der Waals surface area contributed by atoms with Gasteiger partial charge in [-0.1, -0.05) is 0 Å². The van der Waals surface area contributed by atoms with Crippen LogP contribution in [0.1, 0.15) is 27.0 Å². The van der Waals surface area contributed by atoms with E-state index in [0.29, 0.717) is 16.5 Å². The lowest BCUT2D eigenvalue weighted by molar-refractivity contribution is 0.0953. The van der Waals surface area contributed by atoms with Gasteiger partial charge in [0.25, 0.3) is 10.0 Å². The summed E-state index contributed by atoms with van der Waals surface area (Å²) in [5.41, 5.74) is 0.374. The number of carbonyl (C=O) groups is 1. The zero-order valence-electron chi connectivity index (χ0n) is 10.6. The van der Waals surface area contributed by atoms with Gasteiger partial charge in [0.05, 0.1) is 10.7 Å². The van der Waals surface area contributed by atoms with Crippen molar-refractivity contribution in [1.82, 2.24) is 9.71 Å². The number of nitrogens with one attached hydrogen (secondary N) is 1. The number of aryl methyl sites for hydroxylation is 3. The van der Waals surface area contributed by atoms with E-state index in [0.717, 1.165) is 11.3 Å². The van der Waals surface area contributed by atoms with Crippen LogP contribution in [0.4, 0.5) is 0 Å². The monoisotopic (exact) mass is 300 g/mol. The Morgan fingerprint density at radius 3 is 2.47 bits per heavy atom. The van der Waals surface area contributed by atoms with Crippen molar-refractivity contribution >= 4 is 27.3 Å². The van der Waals surface area contributed by atoms with Crippen LogP contribution < -0.4 is 4.72 Å². The second-order valence-corrected chi connectivity index (χ2v) is 7.03. The zero-order chi connectivity index (χ0) is 14.2. The molecule has 0 aliphatic heterocycles. The van der Waals surface area contributed by atoms with Gasteiger partial charge in [-0.3, -0.25) is 4.79 Å². The Labute approximate surface area is 114 Å². The molecule has 0 aliphatic rings. The molecule has 1 N–H and O–H groups in total. The summed E-state index contributed by atoms with van der Waals surface area (Å²) in [4.78, 5) is 15.8. The molecule has 2 heterocycles. The quantitative estimate of drug-likeness (QED) is 0.933. The first-order valence-corrected chi connectivity index (χ1v) is 7.67. The maximum absolute atomic E-state index is 12.1. The fourth-order valence-electron chi connectivity index (χ4n) is 1.54. The molecule has 0 aromatic carbocycles. The van der Waals surface area contributed by atoms with Crippen LogP contribution >= 0.6 is 11.3 Å². The van der Waals surface area contributed by atoms with Crippen molar-refractivity contribution in [2.45, 2.75) is 25.0 Å². The molecule has 0 fully saturated rings. The van der Waals surface area contributed by atoms with Crippen molar-refractivity contribution in [2.75, 3.05) is 0 Å². The van der Waals surface area contributed by atoms with Crippen molar-refractivity contribution in [3.63, 3.8) is 0 Å². The predicted molar refractivity (Wildman–Crippen MR) is 69.7 cm³/mol. The van der Waals surface area contributed by atoms with Gasteiger partial charge in [0.1, 0.15) is 5.76 Å². The molecular weight excluding hydrogens is 288 g/mol. The number of furan rings is 1. The fraction of sp³-hybridized carbons (Fsp3) is 0.273. The Kier molecular flexibility index (Phi) is 3.46. The summed E-state index contributed by atoms with van der Waals surface area (Å²) in [6.07, 6.45) is 0. The minimum atomic E-state index is -3.91. The van der Waals surface area contributed by atoms with E-state index >= 15 is 0 Å². The molecule has 0 atom stereocenters. The minimum Gasteiger partial charge on any atom is -0.456 e. The van der Waals surface area contributed by atoms with E-state index in [2.05, 4.69) is 4.98 Å². The maximum Gasteiger partial charge on any atom is 0.300 e. The lowest BCUT2D eigenvalue weighted by atomic mass is 10.4. The van der Waals surface area contributed by atoms with Crippen molar-refractivity contribution in [3.8, 4) is 0 Å². The van der Waals surface area contributed by atoms with Crippen molar-refractivity contribution in [1.29, 1.82) is 0 Å². The van der Waals surface area contributed by atoms with Crippen LogP contribution in [0.5, 0.6) is 0 Å². The van der Waals surface area contributed by atoms with Gasteiger partial charge in [-0.2, -0.15) is 0 Å². The molecule has 102 valence electrons. The highest BCUT2D eigenvalue weighted by atomic mass is 32.2. The molecular formula is C11H12N2O4S2. The lowest BCUT2D eigenvalue weighted by Crippen LogP contribution is -2.30. The van der Waals surface area contributed by atoms with Gasteiger partial charge in [0.2, 0.25) is 0 Å². The van der Waals surface area contributed by atoms with Gasteiger partial charge >= 0.3 is 5.91 Å². The smallest absolute Gasteiger partial charge is 0.300 e. The first-order valence-electron chi connectivity index (χ1n) is 5.37. The highest BCUT2D eigenvalue weighted by Gasteiger charge is 2.25. The largest absolute Gasteiger partial charge is 0.456 e. The highest BCUT2D eigenvalue weighted by Crippen LogP contribution is 2.22. The average Bonchev–Trinajstić information content (AvgIpc) is 2.84. The first kappa shape index (κ1) is 13.8. The molecule has 2 rings (SSSR count). The molecule has 0 saturated carbocycles. The molecule has 6 nitrogen and oxygen atoms in total. The maximum atomic E-state index is 12.1. The topological polar surface area (TPSA) is 89.3 Å². The third kappa shape index (κ3) is 2.85. The summed E-state index contributed by atoms with van der Waals surface area (Å²) in [6.45, 7) is 4.95. The van der Waals surface area contributed by atoms with Crippen LogP contribution in [-0.2, 0) is 10.0 Å². The van der Waals surface area contributed by atoms with Gasteiger partial charge in [0, 0.05) is 0 Å². The number of nitrogens with zero attached hydrogens (tertiary/aromatic N) is 1. The second-order valence-electron chi connectivity index (χ2n) is 3.95. The van der Waals surface area contributed by atoms with Crippen LogP contribution in [0, 0.1) is 20.8 Å². The Bertz CT molecular complexity index is 728. The third-order valence-corrected chi connectivity index (χ3v) is 5.31. The Morgan fingerprint density at radius 1 is 1.32 bits per heavy atom.